The van der Waals surface area contributed by atoms with Gasteiger partial charge in [0.2, 0.25) is 0 Å². The zero-order valence-electron chi connectivity index (χ0n) is 8.74. The number of nitrogens with zero attached hydrogens (tertiary/aromatic N) is 1. The number of hydrogen-bond acceptors (Lipinski definition) is 3. The molecule has 3 nitrogen and oxygen atoms in total. The summed E-state index contributed by atoms with van der Waals surface area (Å²) < 4.78 is 4.74. The first-order chi connectivity index (χ1) is 7.77. The van der Waals surface area contributed by atoms with Gasteiger partial charge in [0.05, 0.1) is 18.2 Å². The zero-order chi connectivity index (χ0) is 11.5. The van der Waals surface area contributed by atoms with Crippen molar-refractivity contribution in [3.05, 3.63) is 41.6 Å². The van der Waals surface area contributed by atoms with Crippen LogP contribution in [0.1, 0.15) is 15.9 Å². The molecule has 16 heavy (non-hydrogen) atoms. The summed E-state index contributed by atoms with van der Waals surface area (Å²) in [6.07, 6.45) is 1.72. The van der Waals surface area contributed by atoms with Crippen molar-refractivity contribution in [2.75, 3.05) is 7.11 Å². The van der Waals surface area contributed by atoms with Crippen molar-refractivity contribution in [2.45, 2.75) is 5.33 Å². The summed E-state index contributed by atoms with van der Waals surface area (Å²) in [4.78, 5) is 15.9. The summed E-state index contributed by atoms with van der Waals surface area (Å²) in [5.74, 6) is -0.334. The van der Waals surface area contributed by atoms with E-state index in [4.69, 9.17) is 4.74 Å². The highest BCUT2D eigenvalue weighted by Crippen LogP contribution is 2.23. The minimum Gasteiger partial charge on any atom is -0.465 e. The second-order valence-electron chi connectivity index (χ2n) is 3.30. The number of alkyl halides is 1. The molecule has 1 heterocycles. The van der Waals surface area contributed by atoms with Crippen molar-refractivity contribution in [3.63, 3.8) is 0 Å². The Labute approximate surface area is 102 Å². The highest BCUT2D eigenvalue weighted by molar-refractivity contribution is 9.08. The minimum absolute atomic E-state index is 0.334. The van der Waals surface area contributed by atoms with E-state index in [2.05, 4.69) is 20.9 Å². The Hall–Kier alpha value is -1.42. The molecule has 0 N–H and O–H groups in total. The zero-order valence-corrected chi connectivity index (χ0v) is 10.3. The lowest BCUT2D eigenvalue weighted by Gasteiger charge is -2.07. The fourth-order valence-electron chi connectivity index (χ4n) is 1.63. The molecule has 2 rings (SSSR count). The van der Waals surface area contributed by atoms with Gasteiger partial charge in [0, 0.05) is 16.9 Å². The number of halogens is 1. The van der Waals surface area contributed by atoms with Crippen molar-refractivity contribution >= 4 is 32.8 Å². The monoisotopic (exact) mass is 279 g/mol. The van der Waals surface area contributed by atoms with Crippen molar-refractivity contribution in [2.24, 2.45) is 0 Å². The fraction of sp³-hybridized carbons (Fsp3) is 0.167. The van der Waals surface area contributed by atoms with Gasteiger partial charge in [0.15, 0.2) is 0 Å². The van der Waals surface area contributed by atoms with Gasteiger partial charge in [0.1, 0.15) is 0 Å². The number of carbonyl (C=O) groups excluding carboxylic acids is 1. The normalized spacial score (nSPS) is 10.4. The number of pyridine rings is 1. The van der Waals surface area contributed by atoms with E-state index in [1.54, 1.807) is 12.3 Å². The van der Waals surface area contributed by atoms with E-state index in [-0.39, 0.29) is 5.97 Å². The van der Waals surface area contributed by atoms with Crippen LogP contribution in [0.5, 0.6) is 0 Å². The van der Waals surface area contributed by atoms with Gasteiger partial charge in [-0.2, -0.15) is 0 Å². The predicted molar refractivity (Wildman–Crippen MR) is 65.7 cm³/mol. The molecular weight excluding hydrogens is 270 g/mol. The number of benzene rings is 1. The maximum absolute atomic E-state index is 11.6. The summed E-state index contributed by atoms with van der Waals surface area (Å²) in [6, 6.07) is 7.34. The lowest BCUT2D eigenvalue weighted by Crippen LogP contribution is -2.03. The molecule has 0 radical (unpaired) electrons. The molecule has 1 aromatic heterocycles. The van der Waals surface area contributed by atoms with Crippen molar-refractivity contribution in [1.29, 1.82) is 0 Å². The molecule has 0 aliphatic rings. The number of fused-ring (bicyclic) bond motifs is 1. The summed E-state index contributed by atoms with van der Waals surface area (Å²) in [5.41, 5.74) is 2.45. The quantitative estimate of drug-likeness (QED) is 0.627. The lowest BCUT2D eigenvalue weighted by molar-refractivity contribution is 0.0603. The number of aromatic nitrogens is 1. The number of carbonyl (C=O) groups is 1. The molecule has 0 fully saturated rings. The molecule has 0 amide bonds. The second kappa shape index (κ2) is 4.61. The smallest absolute Gasteiger partial charge is 0.338 e. The molecule has 0 aliphatic heterocycles. The molecule has 0 spiro atoms. The second-order valence-corrected chi connectivity index (χ2v) is 3.86. The van der Waals surface area contributed by atoms with Crippen LogP contribution in [0.3, 0.4) is 0 Å². The molecule has 1 aromatic carbocycles. The van der Waals surface area contributed by atoms with E-state index in [0.29, 0.717) is 10.9 Å². The largest absolute Gasteiger partial charge is 0.465 e. The average molecular weight is 280 g/mol. The van der Waals surface area contributed by atoms with Crippen LogP contribution in [0.2, 0.25) is 0 Å². The van der Waals surface area contributed by atoms with E-state index in [9.17, 15) is 4.79 Å². The van der Waals surface area contributed by atoms with Gasteiger partial charge in [-0.15, -0.1) is 0 Å². The Kier molecular flexibility index (Phi) is 3.19. The molecule has 0 aliphatic carbocycles. The van der Waals surface area contributed by atoms with Crippen LogP contribution in [0.15, 0.2) is 30.5 Å². The number of hydrogen-bond donors (Lipinski definition) is 0. The first kappa shape index (κ1) is 11.1. The summed E-state index contributed by atoms with van der Waals surface area (Å²) in [5, 5.41) is 1.54. The third-order valence-corrected chi connectivity index (χ3v) is 3.01. The molecule has 0 bridgehead atoms. The van der Waals surface area contributed by atoms with Crippen molar-refractivity contribution < 1.29 is 9.53 Å². The lowest BCUT2D eigenvalue weighted by atomic mass is 10.0. The van der Waals surface area contributed by atoms with Gasteiger partial charge >= 0.3 is 5.97 Å². The summed E-state index contributed by atoms with van der Waals surface area (Å²) in [6.45, 7) is 0. The molecule has 0 saturated heterocycles. The Morgan fingerprint density at radius 1 is 1.44 bits per heavy atom. The van der Waals surface area contributed by atoms with E-state index in [0.717, 1.165) is 16.5 Å². The molecule has 0 atom stereocenters. The van der Waals surface area contributed by atoms with Gasteiger partial charge in [0.25, 0.3) is 0 Å². The molecule has 82 valence electrons. The number of rotatable bonds is 2. The fourth-order valence-corrected chi connectivity index (χ4v) is 2.08. The van der Waals surface area contributed by atoms with Crippen molar-refractivity contribution in [1.82, 2.24) is 4.98 Å². The Morgan fingerprint density at radius 3 is 2.94 bits per heavy atom. The van der Waals surface area contributed by atoms with Crippen LogP contribution in [0.4, 0.5) is 0 Å². The van der Waals surface area contributed by atoms with Gasteiger partial charge in [-0.25, -0.2) is 4.79 Å². The van der Waals surface area contributed by atoms with Crippen LogP contribution in [-0.2, 0) is 10.1 Å². The van der Waals surface area contributed by atoms with Crippen LogP contribution < -0.4 is 0 Å². The van der Waals surface area contributed by atoms with Crippen LogP contribution in [0, 0.1) is 0 Å². The minimum atomic E-state index is -0.334. The number of ether oxygens (including phenoxy) is 1. The van der Waals surface area contributed by atoms with E-state index >= 15 is 0 Å². The first-order valence-corrected chi connectivity index (χ1v) is 5.91. The Balaban J connectivity index is 2.74. The van der Waals surface area contributed by atoms with Crippen molar-refractivity contribution in [3.8, 4) is 0 Å². The SMILES string of the molecule is COC(=O)c1ccc(CBr)c2ncccc12. The first-order valence-electron chi connectivity index (χ1n) is 4.79. The highest BCUT2D eigenvalue weighted by Gasteiger charge is 2.12. The van der Waals surface area contributed by atoms with E-state index in [1.807, 2.05) is 18.2 Å². The van der Waals surface area contributed by atoms with Crippen LogP contribution >= 0.6 is 15.9 Å². The number of esters is 1. The van der Waals surface area contributed by atoms with Crippen LogP contribution in [-0.4, -0.2) is 18.1 Å². The third kappa shape index (κ3) is 1.80. The molecule has 2 aromatic rings. The third-order valence-electron chi connectivity index (χ3n) is 2.40. The Morgan fingerprint density at radius 2 is 2.25 bits per heavy atom. The summed E-state index contributed by atoms with van der Waals surface area (Å²) >= 11 is 3.40. The standard InChI is InChI=1S/C12H10BrNO2/c1-16-12(15)10-5-4-8(7-13)11-9(10)3-2-6-14-11/h2-6H,7H2,1H3. The average Bonchev–Trinajstić information content (AvgIpc) is 2.36. The number of methoxy groups -OCH3 is 1. The van der Waals surface area contributed by atoms with Crippen LogP contribution in [0.25, 0.3) is 10.9 Å². The predicted octanol–water partition coefficient (Wildman–Crippen LogP) is 2.92. The van der Waals surface area contributed by atoms with Gasteiger partial charge in [-0.1, -0.05) is 28.1 Å². The molecular formula is C12H10BrNO2. The maximum Gasteiger partial charge on any atom is 0.338 e. The van der Waals surface area contributed by atoms with E-state index in [1.165, 1.54) is 7.11 Å². The molecule has 4 heteroatoms. The maximum atomic E-state index is 11.6. The van der Waals surface area contributed by atoms with Gasteiger partial charge in [-0.05, 0) is 17.7 Å². The summed E-state index contributed by atoms with van der Waals surface area (Å²) in [7, 11) is 1.38. The topological polar surface area (TPSA) is 39.2 Å². The highest BCUT2D eigenvalue weighted by atomic mass is 79.9. The van der Waals surface area contributed by atoms with Gasteiger partial charge in [-0.3, -0.25) is 4.98 Å². The Bertz CT molecular complexity index is 540. The molecule has 0 unspecified atom stereocenters. The van der Waals surface area contributed by atoms with Gasteiger partial charge < -0.3 is 4.74 Å². The van der Waals surface area contributed by atoms with E-state index < -0.39 is 0 Å². The molecule has 0 saturated carbocycles.